The van der Waals surface area contributed by atoms with Gasteiger partial charge in [0.1, 0.15) is 0 Å². The van der Waals surface area contributed by atoms with Crippen LogP contribution in [0.5, 0.6) is 0 Å². The number of rotatable bonds is 8. The van der Waals surface area contributed by atoms with Crippen LogP contribution in [0.25, 0.3) is 0 Å². The third kappa shape index (κ3) is 4.28. The standard InChI is InChI=1S/C26H48Si2/c1-19(2)27(20(3)4,21(5)6)25-15-13-14-16-26(18-17-25)28(22(7)8,23(9)10)24(11)12/h13-24H,1-12H3/b14-13?,15-13-,16-14-,18-17?,25-15?,25-17+,26-16?,26-18+. The van der Waals surface area contributed by atoms with Crippen LogP contribution in [-0.4, -0.2) is 16.1 Å². The molecule has 0 radical (unpaired) electrons. The van der Waals surface area contributed by atoms with E-state index >= 15 is 0 Å². The van der Waals surface area contributed by atoms with Crippen molar-refractivity contribution in [3.8, 4) is 0 Å². The van der Waals surface area contributed by atoms with Gasteiger partial charge >= 0.3 is 0 Å². The quantitative estimate of drug-likeness (QED) is 0.345. The molecular weight excluding hydrogens is 368 g/mol. The summed E-state index contributed by atoms with van der Waals surface area (Å²) in [5.41, 5.74) is 4.45. The van der Waals surface area contributed by atoms with Crippen molar-refractivity contribution >= 4 is 16.1 Å². The van der Waals surface area contributed by atoms with Crippen molar-refractivity contribution in [2.24, 2.45) is 0 Å². The van der Waals surface area contributed by atoms with Gasteiger partial charge in [0.2, 0.25) is 0 Å². The van der Waals surface area contributed by atoms with Crippen LogP contribution in [0.2, 0.25) is 33.2 Å². The predicted molar refractivity (Wildman–Crippen MR) is 137 cm³/mol. The van der Waals surface area contributed by atoms with Gasteiger partial charge in [-0.2, -0.15) is 0 Å². The third-order valence-corrected chi connectivity index (χ3v) is 22.0. The zero-order valence-corrected chi connectivity index (χ0v) is 22.9. The molecule has 0 aromatic rings. The summed E-state index contributed by atoms with van der Waals surface area (Å²) in [5, 5.41) is 3.29. The van der Waals surface area contributed by atoms with E-state index in [0.717, 1.165) is 33.2 Å². The zero-order chi connectivity index (χ0) is 21.9. The lowest BCUT2D eigenvalue weighted by molar-refractivity contribution is 0.825. The molecule has 0 bridgehead atoms. The minimum atomic E-state index is -1.64. The Balaban J connectivity index is 3.74. The van der Waals surface area contributed by atoms with Crippen LogP contribution >= 0.6 is 0 Å². The first-order valence-corrected chi connectivity index (χ1v) is 16.1. The van der Waals surface area contributed by atoms with E-state index in [-0.39, 0.29) is 0 Å². The van der Waals surface area contributed by atoms with Crippen LogP contribution in [0.3, 0.4) is 0 Å². The summed E-state index contributed by atoms with van der Waals surface area (Å²) in [4.78, 5) is 0. The summed E-state index contributed by atoms with van der Waals surface area (Å²) >= 11 is 0. The summed E-state index contributed by atoms with van der Waals surface area (Å²) < 4.78 is 0. The Bertz CT molecular complexity index is 525. The van der Waals surface area contributed by atoms with Crippen LogP contribution in [-0.2, 0) is 0 Å². The molecule has 0 saturated carbocycles. The molecule has 0 nitrogen and oxygen atoms in total. The fourth-order valence-electron chi connectivity index (χ4n) is 7.19. The van der Waals surface area contributed by atoms with Crippen LogP contribution in [0.15, 0.2) is 46.8 Å². The maximum Gasteiger partial charge on any atom is 0.0942 e. The van der Waals surface area contributed by atoms with E-state index in [9.17, 15) is 0 Å². The van der Waals surface area contributed by atoms with Gasteiger partial charge in [-0.15, -0.1) is 0 Å². The van der Waals surface area contributed by atoms with E-state index in [2.05, 4.69) is 120 Å². The van der Waals surface area contributed by atoms with Crippen molar-refractivity contribution in [3.63, 3.8) is 0 Å². The summed E-state index contributed by atoms with van der Waals surface area (Å²) in [6.07, 6.45) is 14.6. The van der Waals surface area contributed by atoms with Gasteiger partial charge in [-0.1, -0.05) is 130 Å². The highest BCUT2D eigenvalue weighted by Gasteiger charge is 2.46. The van der Waals surface area contributed by atoms with Crippen LogP contribution in [0.4, 0.5) is 0 Å². The second kappa shape index (κ2) is 9.93. The lowest BCUT2D eigenvalue weighted by Crippen LogP contribution is -2.47. The lowest BCUT2D eigenvalue weighted by atomic mass is 10.3. The summed E-state index contributed by atoms with van der Waals surface area (Å²) in [6.45, 7) is 29.6. The molecule has 2 heteroatoms. The average Bonchev–Trinajstić information content (AvgIpc) is 2.50. The van der Waals surface area contributed by atoms with Gasteiger partial charge in [0.25, 0.3) is 0 Å². The van der Waals surface area contributed by atoms with Crippen molar-refractivity contribution in [2.75, 3.05) is 0 Å². The smallest absolute Gasteiger partial charge is 0.0648 e. The van der Waals surface area contributed by atoms with Gasteiger partial charge in [0.05, 0.1) is 16.1 Å². The SMILES string of the molecule is CC(C)[Si](C1=C/C=C([Si](C(C)C)(C(C)C)C(C)C)\C=C/C=C\1)(C(C)C)C(C)C. The highest BCUT2D eigenvalue weighted by molar-refractivity contribution is 6.91. The minimum Gasteiger partial charge on any atom is -0.0648 e. The molecule has 0 fully saturated rings. The Kier molecular flexibility index (Phi) is 9.02. The molecule has 1 aliphatic carbocycles. The van der Waals surface area contributed by atoms with E-state index < -0.39 is 16.1 Å². The fraction of sp³-hybridized carbons (Fsp3) is 0.692. The van der Waals surface area contributed by atoms with Gasteiger partial charge < -0.3 is 0 Å². The van der Waals surface area contributed by atoms with Crippen LogP contribution in [0.1, 0.15) is 83.1 Å². The summed E-state index contributed by atoms with van der Waals surface area (Å²) in [6, 6.07) is 0. The third-order valence-electron chi connectivity index (χ3n) is 7.84. The maximum atomic E-state index is 2.55. The molecule has 0 aromatic carbocycles. The second-order valence-electron chi connectivity index (χ2n) is 10.8. The first kappa shape index (κ1) is 25.4. The molecule has 0 amide bonds. The largest absolute Gasteiger partial charge is 0.0942 e. The van der Waals surface area contributed by atoms with E-state index in [0.29, 0.717) is 0 Å². The maximum absolute atomic E-state index is 2.55. The molecule has 1 aliphatic rings. The molecule has 28 heavy (non-hydrogen) atoms. The summed E-state index contributed by atoms with van der Waals surface area (Å²) in [7, 11) is -3.28. The molecule has 0 atom stereocenters. The molecular formula is C26H48Si2. The molecule has 0 saturated heterocycles. The Hall–Kier alpha value is -0.606. The number of hydrogen-bond donors (Lipinski definition) is 0. The topological polar surface area (TPSA) is 0 Å². The molecule has 160 valence electrons. The van der Waals surface area contributed by atoms with Crippen molar-refractivity contribution < 1.29 is 0 Å². The molecule has 0 heterocycles. The van der Waals surface area contributed by atoms with Gasteiger partial charge in [-0.05, 0) is 33.2 Å². The monoisotopic (exact) mass is 416 g/mol. The first-order valence-electron chi connectivity index (χ1n) is 11.6. The Labute approximate surface area is 179 Å². The number of hydrogen-bond acceptors (Lipinski definition) is 0. The minimum absolute atomic E-state index is 0.742. The Morgan fingerprint density at radius 2 is 0.643 bits per heavy atom. The van der Waals surface area contributed by atoms with Gasteiger partial charge in [0, 0.05) is 0 Å². The van der Waals surface area contributed by atoms with Gasteiger partial charge in [-0.3, -0.25) is 0 Å². The number of allylic oxidation sites excluding steroid dienone is 8. The van der Waals surface area contributed by atoms with Gasteiger partial charge in [0.15, 0.2) is 0 Å². The predicted octanol–water partition coefficient (Wildman–Crippen LogP) is 9.40. The van der Waals surface area contributed by atoms with Crippen LogP contribution in [0, 0.1) is 0 Å². The molecule has 0 spiro atoms. The lowest BCUT2D eigenvalue weighted by Gasteiger charge is -2.46. The molecule has 1 rings (SSSR count). The van der Waals surface area contributed by atoms with E-state index in [1.54, 1.807) is 10.4 Å². The fourth-order valence-corrected chi connectivity index (χ4v) is 20.7. The molecule has 0 N–H and O–H groups in total. The van der Waals surface area contributed by atoms with Crippen molar-refractivity contribution in [2.45, 2.75) is 116 Å². The molecule has 0 unspecified atom stereocenters. The van der Waals surface area contributed by atoms with Crippen molar-refractivity contribution in [1.82, 2.24) is 0 Å². The van der Waals surface area contributed by atoms with Crippen LogP contribution < -0.4 is 0 Å². The van der Waals surface area contributed by atoms with E-state index in [1.165, 1.54) is 0 Å². The zero-order valence-electron chi connectivity index (χ0n) is 20.9. The Morgan fingerprint density at radius 3 is 0.821 bits per heavy atom. The normalized spacial score (nSPS) is 22.5. The molecule has 0 aliphatic heterocycles. The van der Waals surface area contributed by atoms with E-state index in [4.69, 9.17) is 0 Å². The highest BCUT2D eigenvalue weighted by atomic mass is 28.3. The molecule has 0 aromatic heterocycles. The van der Waals surface area contributed by atoms with Crippen molar-refractivity contribution in [3.05, 3.63) is 46.8 Å². The average molecular weight is 417 g/mol. The first-order chi connectivity index (χ1) is 12.9. The second-order valence-corrected chi connectivity index (χ2v) is 22.6. The van der Waals surface area contributed by atoms with Crippen molar-refractivity contribution in [1.29, 1.82) is 0 Å². The summed E-state index contributed by atoms with van der Waals surface area (Å²) in [5.74, 6) is 0. The highest BCUT2D eigenvalue weighted by Crippen LogP contribution is 2.49. The van der Waals surface area contributed by atoms with E-state index in [1.807, 2.05) is 0 Å². The van der Waals surface area contributed by atoms with Gasteiger partial charge in [-0.25, -0.2) is 0 Å². The Morgan fingerprint density at radius 1 is 0.429 bits per heavy atom.